The Morgan fingerprint density at radius 2 is 1.94 bits per heavy atom. The lowest BCUT2D eigenvalue weighted by Crippen LogP contribution is -2.29. The van der Waals surface area contributed by atoms with E-state index in [0.717, 1.165) is 24.0 Å². The molecule has 1 amide bonds. The Bertz CT molecular complexity index is 1280. The predicted octanol–water partition coefficient (Wildman–Crippen LogP) is 4.15. The average Bonchev–Trinajstić information content (AvgIpc) is 3.58. The van der Waals surface area contributed by atoms with Gasteiger partial charge in [0.2, 0.25) is 15.9 Å². The topological polar surface area (TPSA) is 98.1 Å². The van der Waals surface area contributed by atoms with Gasteiger partial charge in [0.25, 0.3) is 0 Å². The summed E-state index contributed by atoms with van der Waals surface area (Å²) in [4.78, 5) is 15.0. The third-order valence-electron chi connectivity index (χ3n) is 5.96. The number of benzene rings is 2. The molecule has 0 bridgehead atoms. The van der Waals surface area contributed by atoms with E-state index in [1.807, 2.05) is 23.1 Å². The van der Waals surface area contributed by atoms with Gasteiger partial charge in [-0.15, -0.1) is 0 Å². The van der Waals surface area contributed by atoms with E-state index in [2.05, 4.69) is 4.72 Å². The fourth-order valence-electron chi connectivity index (χ4n) is 4.13. The Labute approximate surface area is 205 Å². The third-order valence-corrected chi connectivity index (χ3v) is 7.38. The molecule has 0 aliphatic carbocycles. The summed E-state index contributed by atoms with van der Waals surface area (Å²) in [5.41, 5.74) is 1.67. The average molecular weight is 497 g/mol. The number of likely N-dealkylation sites (tertiary alicyclic amines) is 1. The summed E-state index contributed by atoms with van der Waals surface area (Å²) in [6.45, 7) is 0.725. The lowest BCUT2D eigenvalue weighted by molar-refractivity contribution is -0.126. The van der Waals surface area contributed by atoms with Crippen LogP contribution in [0.25, 0.3) is 6.08 Å². The van der Waals surface area contributed by atoms with Crippen LogP contribution in [-0.4, -0.2) is 40.0 Å². The zero-order valence-corrected chi connectivity index (χ0v) is 20.5. The highest BCUT2D eigenvalue weighted by Gasteiger charge is 2.31. The third kappa shape index (κ3) is 5.75. The largest absolute Gasteiger partial charge is 0.497 e. The lowest BCUT2D eigenvalue weighted by Gasteiger charge is -2.25. The molecule has 0 radical (unpaired) electrons. The molecule has 1 saturated heterocycles. The van der Waals surface area contributed by atoms with Gasteiger partial charge in [-0.3, -0.25) is 4.79 Å². The number of nitrogens with zero attached hydrogens (tertiary/aromatic N) is 1. The number of ether oxygens (including phenoxy) is 2. The molecule has 1 fully saturated rings. The van der Waals surface area contributed by atoms with Gasteiger partial charge < -0.3 is 18.8 Å². The normalized spacial score (nSPS) is 16.1. The first-order valence-electron chi connectivity index (χ1n) is 11.2. The molecular weight excluding hydrogens is 468 g/mol. The number of carbonyl (C=O) groups is 1. The minimum absolute atomic E-state index is 0.0709. The zero-order chi connectivity index (χ0) is 24.8. The molecule has 8 nitrogen and oxygen atoms in total. The summed E-state index contributed by atoms with van der Waals surface area (Å²) in [7, 11) is -0.469. The highest BCUT2D eigenvalue weighted by Crippen LogP contribution is 2.38. The fourth-order valence-corrected chi connectivity index (χ4v) is 5.12. The molecule has 1 N–H and O–H groups in total. The van der Waals surface area contributed by atoms with E-state index in [1.54, 1.807) is 44.6 Å². The Hall–Kier alpha value is -3.56. The van der Waals surface area contributed by atoms with E-state index in [1.165, 1.54) is 24.5 Å². The van der Waals surface area contributed by atoms with Crippen molar-refractivity contribution in [3.63, 3.8) is 0 Å². The fraction of sp³-hybridized carbons (Fsp3) is 0.269. The summed E-state index contributed by atoms with van der Waals surface area (Å²) in [5, 5.41) is 0. The number of hydrogen-bond acceptors (Lipinski definition) is 6. The summed E-state index contributed by atoms with van der Waals surface area (Å²) in [5.74, 6) is 1.81. The molecule has 1 atom stereocenters. The van der Waals surface area contributed by atoms with Crippen molar-refractivity contribution < 1.29 is 27.1 Å². The Morgan fingerprint density at radius 1 is 1.14 bits per heavy atom. The summed E-state index contributed by atoms with van der Waals surface area (Å²) >= 11 is 0. The summed E-state index contributed by atoms with van der Waals surface area (Å²) < 4.78 is 43.5. The van der Waals surface area contributed by atoms with Crippen LogP contribution in [0.4, 0.5) is 0 Å². The second-order valence-electron chi connectivity index (χ2n) is 8.10. The minimum atomic E-state index is -3.68. The van der Waals surface area contributed by atoms with Crippen molar-refractivity contribution in [1.29, 1.82) is 0 Å². The van der Waals surface area contributed by atoms with Crippen molar-refractivity contribution in [2.75, 3.05) is 20.8 Å². The van der Waals surface area contributed by atoms with Crippen molar-refractivity contribution in [3.05, 3.63) is 83.8 Å². The first-order chi connectivity index (χ1) is 16.9. The highest BCUT2D eigenvalue weighted by molar-refractivity contribution is 7.89. The van der Waals surface area contributed by atoms with E-state index in [0.29, 0.717) is 23.8 Å². The van der Waals surface area contributed by atoms with E-state index >= 15 is 0 Å². The van der Waals surface area contributed by atoms with Crippen LogP contribution in [0.2, 0.25) is 0 Å². The molecular formula is C26H28N2O6S. The standard InChI is InChI=1S/C26H28N2O6S/c1-32-20-10-13-23(25(17-20)33-2)24-6-3-15-28(24)26(29)14-9-19-7-11-22(12-8-19)35(30,31)27-18-21-5-4-16-34-21/h4-5,7-14,16-17,24,27H,3,6,15,18H2,1-2H3. The summed E-state index contributed by atoms with van der Waals surface area (Å²) in [6, 6.07) is 15.3. The van der Waals surface area contributed by atoms with Gasteiger partial charge in [-0.05, 0) is 60.9 Å². The van der Waals surface area contributed by atoms with Crippen LogP contribution >= 0.6 is 0 Å². The van der Waals surface area contributed by atoms with Crippen LogP contribution in [0.5, 0.6) is 11.5 Å². The molecule has 1 aromatic heterocycles. The number of methoxy groups -OCH3 is 2. The molecule has 0 spiro atoms. The number of nitrogens with one attached hydrogen (secondary N) is 1. The Morgan fingerprint density at radius 3 is 2.63 bits per heavy atom. The molecule has 0 saturated carbocycles. The first-order valence-corrected chi connectivity index (χ1v) is 12.7. The summed E-state index contributed by atoms with van der Waals surface area (Å²) in [6.07, 6.45) is 6.45. The molecule has 4 rings (SSSR count). The van der Waals surface area contributed by atoms with Crippen LogP contribution in [0.3, 0.4) is 0 Å². The highest BCUT2D eigenvalue weighted by atomic mass is 32.2. The van der Waals surface area contributed by atoms with E-state index in [-0.39, 0.29) is 23.4 Å². The van der Waals surface area contributed by atoms with Crippen LogP contribution in [-0.2, 0) is 21.4 Å². The zero-order valence-electron chi connectivity index (χ0n) is 19.6. The molecule has 2 heterocycles. The van der Waals surface area contributed by atoms with Crippen molar-refractivity contribution in [3.8, 4) is 11.5 Å². The molecule has 9 heteroatoms. The van der Waals surface area contributed by atoms with Gasteiger partial charge in [0.15, 0.2) is 0 Å². The molecule has 1 aliphatic rings. The van der Waals surface area contributed by atoms with Crippen LogP contribution < -0.4 is 14.2 Å². The monoisotopic (exact) mass is 496 g/mol. The van der Waals surface area contributed by atoms with Gasteiger partial charge in [0.05, 0.1) is 38.0 Å². The number of furan rings is 1. The second-order valence-corrected chi connectivity index (χ2v) is 9.87. The van der Waals surface area contributed by atoms with Gasteiger partial charge in [-0.1, -0.05) is 12.1 Å². The predicted molar refractivity (Wildman–Crippen MR) is 131 cm³/mol. The minimum Gasteiger partial charge on any atom is -0.497 e. The van der Waals surface area contributed by atoms with Gasteiger partial charge in [-0.25, -0.2) is 13.1 Å². The number of sulfonamides is 1. The maximum Gasteiger partial charge on any atom is 0.247 e. The Balaban J connectivity index is 1.42. The van der Waals surface area contributed by atoms with Crippen molar-refractivity contribution in [2.45, 2.75) is 30.3 Å². The van der Waals surface area contributed by atoms with E-state index in [4.69, 9.17) is 13.9 Å². The molecule has 1 aliphatic heterocycles. The van der Waals surface area contributed by atoms with Crippen LogP contribution in [0, 0.1) is 0 Å². The maximum absolute atomic E-state index is 13.0. The van der Waals surface area contributed by atoms with E-state index < -0.39 is 10.0 Å². The van der Waals surface area contributed by atoms with Crippen LogP contribution in [0.1, 0.15) is 35.8 Å². The smallest absolute Gasteiger partial charge is 0.247 e. The van der Waals surface area contributed by atoms with Gasteiger partial charge in [-0.2, -0.15) is 0 Å². The maximum atomic E-state index is 13.0. The molecule has 3 aromatic rings. The second kappa shape index (κ2) is 10.8. The Kier molecular flexibility index (Phi) is 7.57. The quantitative estimate of drug-likeness (QED) is 0.447. The van der Waals surface area contributed by atoms with Gasteiger partial charge in [0, 0.05) is 24.3 Å². The molecule has 184 valence electrons. The van der Waals surface area contributed by atoms with E-state index in [9.17, 15) is 13.2 Å². The SMILES string of the molecule is COc1ccc(C2CCCN2C(=O)C=Cc2ccc(S(=O)(=O)NCc3ccco3)cc2)c(OC)c1. The molecule has 2 aromatic carbocycles. The number of carbonyl (C=O) groups excluding carboxylic acids is 1. The van der Waals surface area contributed by atoms with Crippen LogP contribution in [0.15, 0.2) is 76.2 Å². The molecule has 35 heavy (non-hydrogen) atoms. The number of amides is 1. The number of rotatable bonds is 9. The van der Waals surface area contributed by atoms with Crippen molar-refractivity contribution in [2.24, 2.45) is 0 Å². The first kappa shape index (κ1) is 24.6. The lowest BCUT2D eigenvalue weighted by atomic mass is 10.0. The molecule has 1 unspecified atom stereocenters. The van der Waals surface area contributed by atoms with Gasteiger partial charge in [0.1, 0.15) is 17.3 Å². The van der Waals surface area contributed by atoms with Crippen molar-refractivity contribution in [1.82, 2.24) is 9.62 Å². The van der Waals surface area contributed by atoms with Crippen molar-refractivity contribution >= 4 is 22.0 Å². The number of hydrogen-bond donors (Lipinski definition) is 1. The van der Waals surface area contributed by atoms with Gasteiger partial charge >= 0.3 is 0 Å².